The summed E-state index contributed by atoms with van der Waals surface area (Å²) in [5.74, 6) is 0. The number of thiazole rings is 1. The number of nitrogens with zero attached hydrogens (tertiary/aromatic N) is 4. The Morgan fingerprint density at radius 3 is 2.86 bits per heavy atom. The Bertz CT molecular complexity index is 708. The van der Waals surface area contributed by atoms with Crippen LogP contribution < -0.4 is 0 Å². The van der Waals surface area contributed by atoms with Gasteiger partial charge in [0.15, 0.2) is 5.13 Å². The van der Waals surface area contributed by atoms with Gasteiger partial charge in [-0.3, -0.25) is 9.47 Å². The second kappa shape index (κ2) is 6.39. The number of aromatic nitrogens is 3. The Balaban J connectivity index is 1.73. The summed E-state index contributed by atoms with van der Waals surface area (Å²) in [6.45, 7) is 1.58. The highest BCUT2D eigenvalue weighted by molar-refractivity contribution is 7.12. The van der Waals surface area contributed by atoms with Crippen LogP contribution in [0.15, 0.2) is 48.2 Å². The molecule has 3 heterocycles. The first kappa shape index (κ1) is 14.3. The summed E-state index contributed by atoms with van der Waals surface area (Å²) in [6, 6.07) is 8.07. The molecule has 0 aliphatic carbocycles. The number of hydrogen-bond acceptors (Lipinski definition) is 4. The third-order valence-corrected chi connectivity index (χ3v) is 4.28. The Morgan fingerprint density at radius 2 is 2.10 bits per heavy atom. The van der Waals surface area contributed by atoms with Crippen LogP contribution in [-0.4, -0.2) is 26.5 Å². The molecule has 0 aliphatic rings. The lowest BCUT2D eigenvalue weighted by Crippen LogP contribution is -2.19. The standard InChI is InChI=1S/C15H15ClN4S/c1-19(10-12-4-2-6-17-14(12)16)11-13-5-3-8-20(13)15-18-7-9-21-15/h2-9H,10-11H2,1H3. The van der Waals surface area contributed by atoms with Crippen molar-refractivity contribution in [1.82, 2.24) is 19.4 Å². The summed E-state index contributed by atoms with van der Waals surface area (Å²) in [5.41, 5.74) is 2.24. The van der Waals surface area contributed by atoms with Crippen LogP contribution in [-0.2, 0) is 13.1 Å². The number of pyridine rings is 1. The third kappa shape index (κ3) is 3.32. The van der Waals surface area contributed by atoms with Crippen LogP contribution in [0.3, 0.4) is 0 Å². The van der Waals surface area contributed by atoms with Crippen LogP contribution in [0, 0.1) is 0 Å². The predicted octanol–water partition coefficient (Wildman–Crippen LogP) is 3.61. The van der Waals surface area contributed by atoms with Crippen molar-refractivity contribution in [3.05, 3.63) is 64.6 Å². The van der Waals surface area contributed by atoms with Gasteiger partial charge in [-0.2, -0.15) is 0 Å². The molecule has 3 aromatic rings. The van der Waals surface area contributed by atoms with Gasteiger partial charge in [-0.15, -0.1) is 11.3 Å². The highest BCUT2D eigenvalue weighted by Gasteiger charge is 2.10. The van der Waals surface area contributed by atoms with Gasteiger partial charge in [0.05, 0.1) is 0 Å². The topological polar surface area (TPSA) is 34.0 Å². The van der Waals surface area contributed by atoms with Gasteiger partial charge in [0.25, 0.3) is 0 Å². The minimum atomic E-state index is 0.569. The number of rotatable bonds is 5. The van der Waals surface area contributed by atoms with Gasteiger partial charge in [-0.05, 0) is 25.2 Å². The van der Waals surface area contributed by atoms with E-state index in [0.29, 0.717) is 5.15 Å². The highest BCUT2D eigenvalue weighted by atomic mass is 35.5. The summed E-state index contributed by atoms with van der Waals surface area (Å²) in [7, 11) is 2.07. The zero-order chi connectivity index (χ0) is 14.7. The van der Waals surface area contributed by atoms with E-state index < -0.39 is 0 Å². The molecular weight excluding hydrogens is 304 g/mol. The lowest BCUT2D eigenvalue weighted by Gasteiger charge is -2.18. The monoisotopic (exact) mass is 318 g/mol. The number of hydrogen-bond donors (Lipinski definition) is 0. The normalized spacial score (nSPS) is 11.2. The SMILES string of the molecule is CN(Cc1cccnc1Cl)Cc1cccn1-c1nccs1. The molecule has 0 bridgehead atoms. The Hall–Kier alpha value is -1.69. The van der Waals surface area contributed by atoms with E-state index in [1.165, 1.54) is 5.69 Å². The zero-order valence-electron chi connectivity index (χ0n) is 11.6. The fraction of sp³-hybridized carbons (Fsp3) is 0.200. The molecule has 0 aliphatic heterocycles. The van der Waals surface area contributed by atoms with Crippen molar-refractivity contribution in [3.63, 3.8) is 0 Å². The van der Waals surface area contributed by atoms with Crippen LogP contribution in [0.1, 0.15) is 11.3 Å². The van der Waals surface area contributed by atoms with Crippen LogP contribution in [0.2, 0.25) is 5.15 Å². The molecule has 0 radical (unpaired) electrons. The maximum Gasteiger partial charge on any atom is 0.193 e. The van der Waals surface area contributed by atoms with Gasteiger partial charge in [0.1, 0.15) is 5.15 Å². The fourth-order valence-corrected chi connectivity index (χ4v) is 3.06. The van der Waals surface area contributed by atoms with Gasteiger partial charge >= 0.3 is 0 Å². The smallest absolute Gasteiger partial charge is 0.193 e. The average molecular weight is 319 g/mol. The van der Waals surface area contributed by atoms with Gasteiger partial charge in [0.2, 0.25) is 0 Å². The zero-order valence-corrected chi connectivity index (χ0v) is 13.2. The summed E-state index contributed by atoms with van der Waals surface area (Å²) in [5, 5.41) is 3.54. The molecule has 0 spiro atoms. The van der Waals surface area contributed by atoms with Crippen LogP contribution in [0.4, 0.5) is 0 Å². The number of halogens is 1. The van der Waals surface area contributed by atoms with Crippen LogP contribution >= 0.6 is 22.9 Å². The fourth-order valence-electron chi connectivity index (χ4n) is 2.23. The summed E-state index contributed by atoms with van der Waals surface area (Å²) in [6.07, 6.45) is 5.57. The second-order valence-corrected chi connectivity index (χ2v) is 6.04. The molecule has 3 aromatic heterocycles. The summed E-state index contributed by atoms with van der Waals surface area (Å²) in [4.78, 5) is 10.7. The highest BCUT2D eigenvalue weighted by Crippen LogP contribution is 2.18. The van der Waals surface area contributed by atoms with Gasteiger partial charge in [-0.25, -0.2) is 9.97 Å². The van der Waals surface area contributed by atoms with E-state index in [1.807, 2.05) is 36.0 Å². The molecule has 108 valence electrons. The van der Waals surface area contributed by atoms with Crippen molar-refractivity contribution in [3.8, 4) is 5.13 Å². The largest absolute Gasteiger partial charge is 0.296 e. The van der Waals surface area contributed by atoms with Crippen molar-refractivity contribution in [2.75, 3.05) is 7.05 Å². The first-order valence-electron chi connectivity index (χ1n) is 6.58. The van der Waals surface area contributed by atoms with Crippen molar-refractivity contribution >= 4 is 22.9 Å². The van der Waals surface area contributed by atoms with Crippen molar-refractivity contribution in [2.24, 2.45) is 0 Å². The van der Waals surface area contributed by atoms with Gasteiger partial charge in [-0.1, -0.05) is 17.7 Å². The van der Waals surface area contributed by atoms with E-state index >= 15 is 0 Å². The molecule has 0 N–H and O–H groups in total. The maximum atomic E-state index is 6.11. The van der Waals surface area contributed by atoms with E-state index in [2.05, 4.69) is 32.5 Å². The van der Waals surface area contributed by atoms with E-state index in [4.69, 9.17) is 11.6 Å². The molecule has 0 amide bonds. The minimum Gasteiger partial charge on any atom is -0.296 e. The molecule has 0 unspecified atom stereocenters. The van der Waals surface area contributed by atoms with Crippen LogP contribution in [0.5, 0.6) is 0 Å². The molecule has 0 saturated carbocycles. The summed E-state index contributed by atoms with van der Waals surface area (Å²) >= 11 is 7.74. The molecule has 0 atom stereocenters. The second-order valence-electron chi connectivity index (χ2n) is 4.81. The molecule has 0 fully saturated rings. The predicted molar refractivity (Wildman–Crippen MR) is 85.9 cm³/mol. The molecular formula is C15H15ClN4S. The van der Waals surface area contributed by atoms with E-state index in [0.717, 1.165) is 23.8 Å². The lowest BCUT2D eigenvalue weighted by molar-refractivity contribution is 0.313. The Morgan fingerprint density at radius 1 is 1.19 bits per heavy atom. The van der Waals surface area contributed by atoms with Crippen LogP contribution in [0.25, 0.3) is 5.13 Å². The van der Waals surface area contributed by atoms with Crippen molar-refractivity contribution in [2.45, 2.75) is 13.1 Å². The lowest BCUT2D eigenvalue weighted by atomic mass is 10.2. The average Bonchev–Trinajstić information content (AvgIpc) is 3.11. The molecule has 0 aromatic carbocycles. The van der Waals surface area contributed by atoms with E-state index in [-0.39, 0.29) is 0 Å². The summed E-state index contributed by atoms with van der Waals surface area (Å²) < 4.78 is 2.12. The minimum absolute atomic E-state index is 0.569. The van der Waals surface area contributed by atoms with Gasteiger partial charge in [0, 0.05) is 48.3 Å². The molecule has 6 heteroatoms. The third-order valence-electron chi connectivity index (χ3n) is 3.17. The molecule has 3 rings (SSSR count). The quantitative estimate of drug-likeness (QED) is 0.674. The molecule has 21 heavy (non-hydrogen) atoms. The molecule has 0 saturated heterocycles. The van der Waals surface area contributed by atoms with Gasteiger partial charge < -0.3 is 0 Å². The van der Waals surface area contributed by atoms with Crippen molar-refractivity contribution < 1.29 is 0 Å². The van der Waals surface area contributed by atoms with Crippen molar-refractivity contribution in [1.29, 1.82) is 0 Å². The first-order valence-corrected chi connectivity index (χ1v) is 7.84. The molecule has 4 nitrogen and oxygen atoms in total. The Kier molecular flexibility index (Phi) is 4.34. The first-order chi connectivity index (χ1) is 10.2. The van der Waals surface area contributed by atoms with E-state index in [9.17, 15) is 0 Å². The van der Waals surface area contributed by atoms with E-state index in [1.54, 1.807) is 17.5 Å². The Labute approximate surface area is 132 Å². The maximum absolute atomic E-state index is 6.11.